The van der Waals surface area contributed by atoms with Crippen molar-refractivity contribution in [3.05, 3.63) is 35.4 Å². The SMILES string of the molecule is NNC(=O)c1ccccc1CN1CCCCCC1. The van der Waals surface area contributed by atoms with Gasteiger partial charge in [-0.05, 0) is 37.6 Å². The minimum absolute atomic E-state index is 0.208. The smallest absolute Gasteiger partial charge is 0.265 e. The van der Waals surface area contributed by atoms with Gasteiger partial charge in [-0.3, -0.25) is 15.1 Å². The number of nitrogens with two attached hydrogens (primary N) is 1. The first-order valence-electron chi connectivity index (χ1n) is 6.62. The van der Waals surface area contributed by atoms with Crippen molar-refractivity contribution in [3.63, 3.8) is 0 Å². The number of hydrogen-bond donors (Lipinski definition) is 2. The van der Waals surface area contributed by atoms with Gasteiger partial charge in [0.2, 0.25) is 0 Å². The molecule has 0 spiro atoms. The maximum absolute atomic E-state index is 11.7. The lowest BCUT2D eigenvalue weighted by Crippen LogP contribution is -2.32. The van der Waals surface area contributed by atoms with Crippen LogP contribution < -0.4 is 11.3 Å². The molecular weight excluding hydrogens is 226 g/mol. The van der Waals surface area contributed by atoms with Crippen LogP contribution in [0.4, 0.5) is 0 Å². The second-order valence-electron chi connectivity index (χ2n) is 4.82. The molecule has 0 aromatic heterocycles. The van der Waals surface area contributed by atoms with E-state index >= 15 is 0 Å². The zero-order chi connectivity index (χ0) is 12.8. The number of nitrogen functional groups attached to an aromatic ring is 1. The molecule has 1 aromatic rings. The predicted octanol–water partition coefficient (Wildman–Crippen LogP) is 1.67. The first-order chi connectivity index (χ1) is 8.81. The Balaban J connectivity index is 2.10. The van der Waals surface area contributed by atoms with Crippen molar-refractivity contribution in [1.82, 2.24) is 10.3 Å². The molecule has 1 heterocycles. The number of nitrogens with zero attached hydrogens (tertiary/aromatic N) is 1. The van der Waals surface area contributed by atoms with Crippen molar-refractivity contribution in [2.24, 2.45) is 5.84 Å². The van der Waals surface area contributed by atoms with Gasteiger partial charge >= 0.3 is 0 Å². The van der Waals surface area contributed by atoms with Crippen LogP contribution in [0.1, 0.15) is 41.6 Å². The van der Waals surface area contributed by atoms with E-state index in [1.165, 1.54) is 25.7 Å². The number of likely N-dealkylation sites (tertiary alicyclic amines) is 1. The molecule has 0 aliphatic carbocycles. The molecule has 1 aliphatic heterocycles. The molecule has 2 rings (SSSR count). The largest absolute Gasteiger partial charge is 0.299 e. The van der Waals surface area contributed by atoms with Crippen molar-refractivity contribution in [1.29, 1.82) is 0 Å². The molecule has 4 heteroatoms. The second-order valence-corrected chi connectivity index (χ2v) is 4.82. The van der Waals surface area contributed by atoms with Gasteiger partial charge in [0, 0.05) is 12.1 Å². The topological polar surface area (TPSA) is 58.4 Å². The number of carbonyl (C=O) groups excluding carboxylic acids is 1. The van der Waals surface area contributed by atoms with E-state index in [9.17, 15) is 4.79 Å². The molecule has 1 fully saturated rings. The maximum Gasteiger partial charge on any atom is 0.265 e. The summed E-state index contributed by atoms with van der Waals surface area (Å²) in [5.74, 6) is 5.01. The van der Waals surface area contributed by atoms with E-state index in [0.717, 1.165) is 25.2 Å². The van der Waals surface area contributed by atoms with Gasteiger partial charge in [-0.1, -0.05) is 31.0 Å². The fourth-order valence-corrected chi connectivity index (χ4v) is 2.49. The van der Waals surface area contributed by atoms with Crippen molar-refractivity contribution >= 4 is 5.91 Å². The Morgan fingerprint density at radius 3 is 2.50 bits per heavy atom. The zero-order valence-corrected chi connectivity index (χ0v) is 10.7. The zero-order valence-electron chi connectivity index (χ0n) is 10.7. The summed E-state index contributed by atoms with van der Waals surface area (Å²) in [6, 6.07) is 7.68. The lowest BCUT2D eigenvalue weighted by atomic mass is 10.1. The van der Waals surface area contributed by atoms with Crippen LogP contribution in [0.15, 0.2) is 24.3 Å². The van der Waals surface area contributed by atoms with Gasteiger partial charge in [-0.25, -0.2) is 5.84 Å². The number of carbonyl (C=O) groups is 1. The van der Waals surface area contributed by atoms with Gasteiger partial charge in [0.1, 0.15) is 0 Å². The van der Waals surface area contributed by atoms with E-state index in [4.69, 9.17) is 5.84 Å². The first-order valence-corrected chi connectivity index (χ1v) is 6.62. The van der Waals surface area contributed by atoms with Crippen molar-refractivity contribution < 1.29 is 4.79 Å². The Morgan fingerprint density at radius 1 is 1.17 bits per heavy atom. The normalized spacial score (nSPS) is 17.2. The first kappa shape index (κ1) is 13.1. The third-order valence-corrected chi connectivity index (χ3v) is 3.49. The number of hydrazine groups is 1. The Morgan fingerprint density at radius 2 is 1.83 bits per heavy atom. The average Bonchev–Trinajstić information content (AvgIpc) is 2.67. The summed E-state index contributed by atoms with van der Waals surface area (Å²) in [5.41, 5.74) is 3.96. The van der Waals surface area contributed by atoms with E-state index in [0.29, 0.717) is 5.56 Å². The monoisotopic (exact) mass is 247 g/mol. The highest BCUT2D eigenvalue weighted by Gasteiger charge is 2.14. The fraction of sp³-hybridized carbons (Fsp3) is 0.500. The van der Waals surface area contributed by atoms with E-state index in [1.807, 2.05) is 24.3 Å². The summed E-state index contributed by atoms with van der Waals surface area (Å²) in [7, 11) is 0. The molecule has 0 unspecified atom stereocenters. The summed E-state index contributed by atoms with van der Waals surface area (Å²) in [6.45, 7) is 3.08. The van der Waals surface area contributed by atoms with Crippen LogP contribution in [-0.4, -0.2) is 23.9 Å². The molecule has 1 aromatic carbocycles. The summed E-state index contributed by atoms with van der Waals surface area (Å²) in [6.07, 6.45) is 5.15. The van der Waals surface area contributed by atoms with Crippen LogP contribution in [0, 0.1) is 0 Å². The summed E-state index contributed by atoms with van der Waals surface area (Å²) in [4.78, 5) is 14.1. The van der Waals surface area contributed by atoms with E-state index in [1.54, 1.807) is 0 Å². The van der Waals surface area contributed by atoms with Gasteiger partial charge in [0.25, 0.3) is 5.91 Å². The van der Waals surface area contributed by atoms with Crippen molar-refractivity contribution in [2.45, 2.75) is 32.2 Å². The molecule has 1 aliphatic rings. The second kappa shape index (κ2) is 6.52. The number of hydrogen-bond acceptors (Lipinski definition) is 3. The minimum Gasteiger partial charge on any atom is -0.299 e. The lowest BCUT2D eigenvalue weighted by Gasteiger charge is -2.21. The van der Waals surface area contributed by atoms with Crippen LogP contribution in [0.25, 0.3) is 0 Å². The lowest BCUT2D eigenvalue weighted by molar-refractivity contribution is 0.0951. The molecule has 1 amide bonds. The molecule has 0 atom stereocenters. The van der Waals surface area contributed by atoms with Crippen LogP contribution in [0.5, 0.6) is 0 Å². The molecule has 0 bridgehead atoms. The average molecular weight is 247 g/mol. The van der Waals surface area contributed by atoms with Gasteiger partial charge < -0.3 is 0 Å². The van der Waals surface area contributed by atoms with E-state index in [2.05, 4.69) is 10.3 Å². The fourth-order valence-electron chi connectivity index (χ4n) is 2.49. The molecule has 4 nitrogen and oxygen atoms in total. The number of benzene rings is 1. The third kappa shape index (κ3) is 3.31. The molecule has 18 heavy (non-hydrogen) atoms. The molecular formula is C14H21N3O. The van der Waals surface area contributed by atoms with Gasteiger partial charge in [0.15, 0.2) is 0 Å². The molecule has 3 N–H and O–H groups in total. The van der Waals surface area contributed by atoms with Crippen molar-refractivity contribution in [2.75, 3.05) is 13.1 Å². The summed E-state index contributed by atoms with van der Waals surface area (Å²) in [5, 5.41) is 0. The van der Waals surface area contributed by atoms with E-state index in [-0.39, 0.29) is 5.91 Å². The molecule has 0 radical (unpaired) electrons. The quantitative estimate of drug-likeness (QED) is 0.485. The molecule has 98 valence electrons. The highest BCUT2D eigenvalue weighted by molar-refractivity contribution is 5.95. The highest BCUT2D eigenvalue weighted by atomic mass is 16.2. The van der Waals surface area contributed by atoms with Gasteiger partial charge in [0.05, 0.1) is 0 Å². The molecule has 0 saturated carbocycles. The van der Waals surface area contributed by atoms with Gasteiger partial charge in [-0.2, -0.15) is 0 Å². The summed E-state index contributed by atoms with van der Waals surface area (Å²) >= 11 is 0. The van der Waals surface area contributed by atoms with E-state index < -0.39 is 0 Å². The van der Waals surface area contributed by atoms with Crippen LogP contribution in [0.2, 0.25) is 0 Å². The third-order valence-electron chi connectivity index (χ3n) is 3.49. The van der Waals surface area contributed by atoms with Crippen LogP contribution in [0.3, 0.4) is 0 Å². The molecule has 1 saturated heterocycles. The number of rotatable bonds is 3. The predicted molar refractivity (Wildman–Crippen MR) is 71.8 cm³/mol. The number of amides is 1. The van der Waals surface area contributed by atoms with Gasteiger partial charge in [-0.15, -0.1) is 0 Å². The van der Waals surface area contributed by atoms with Crippen LogP contribution >= 0.6 is 0 Å². The Bertz CT molecular complexity index is 398. The summed E-state index contributed by atoms with van der Waals surface area (Å²) < 4.78 is 0. The highest BCUT2D eigenvalue weighted by Crippen LogP contribution is 2.16. The Kier molecular flexibility index (Phi) is 4.73. The standard InChI is InChI=1S/C14H21N3O/c15-16-14(18)13-8-4-3-7-12(13)11-17-9-5-1-2-6-10-17/h3-4,7-8H,1-2,5-6,9-11,15H2,(H,16,18). The van der Waals surface area contributed by atoms with Crippen LogP contribution in [-0.2, 0) is 6.54 Å². The minimum atomic E-state index is -0.208. The number of nitrogens with one attached hydrogen (secondary N) is 1. The Hall–Kier alpha value is -1.39. The maximum atomic E-state index is 11.7. The van der Waals surface area contributed by atoms with Crippen molar-refractivity contribution in [3.8, 4) is 0 Å². The Labute approximate surface area is 108 Å².